The van der Waals surface area contributed by atoms with Crippen LogP contribution in [0.5, 0.6) is 0 Å². The second-order valence-corrected chi connectivity index (χ2v) is 12.5. The lowest BCUT2D eigenvalue weighted by Crippen LogP contribution is -2.80. The summed E-state index contributed by atoms with van der Waals surface area (Å²) in [5.41, 5.74) is -4.45. The third-order valence-electron chi connectivity index (χ3n) is 9.39. The van der Waals surface area contributed by atoms with Crippen molar-refractivity contribution in [1.29, 1.82) is 0 Å². The van der Waals surface area contributed by atoms with Gasteiger partial charge in [0.15, 0.2) is 6.10 Å². The van der Waals surface area contributed by atoms with Crippen molar-refractivity contribution in [2.75, 3.05) is 6.61 Å². The topological polar surface area (TPSA) is 155 Å². The van der Waals surface area contributed by atoms with E-state index in [0.717, 1.165) is 0 Å². The number of esters is 4. The van der Waals surface area contributed by atoms with E-state index in [2.05, 4.69) is 0 Å². The van der Waals surface area contributed by atoms with Gasteiger partial charge in [0.1, 0.15) is 29.8 Å². The number of benzene rings is 2. The van der Waals surface area contributed by atoms with Gasteiger partial charge in [-0.05, 0) is 50.5 Å². The number of aliphatic hydroxyl groups excluding tert-OH is 2. The Labute approximate surface area is 255 Å². The van der Waals surface area contributed by atoms with Gasteiger partial charge >= 0.3 is 23.9 Å². The molecule has 11 heteroatoms. The van der Waals surface area contributed by atoms with Gasteiger partial charge in [-0.15, -0.1) is 0 Å². The molecule has 1 heterocycles. The normalized spacial score (nSPS) is 35.1. The average molecular weight is 611 g/mol. The molecule has 2 bridgehead atoms. The quantitative estimate of drug-likeness (QED) is 0.351. The molecule has 2 aromatic carbocycles. The van der Waals surface area contributed by atoms with Crippen LogP contribution in [0, 0.1) is 17.3 Å². The maximum atomic E-state index is 13.8. The number of carbonyl (C=O) groups is 4. The minimum Gasteiger partial charge on any atom is -0.465 e. The van der Waals surface area contributed by atoms with Crippen LogP contribution in [-0.2, 0) is 33.3 Å². The van der Waals surface area contributed by atoms with Gasteiger partial charge in [-0.1, -0.05) is 43.3 Å². The van der Waals surface area contributed by atoms with Gasteiger partial charge in [-0.25, -0.2) is 9.59 Å². The van der Waals surface area contributed by atoms with Crippen molar-refractivity contribution in [3.8, 4) is 0 Å². The zero-order valence-corrected chi connectivity index (χ0v) is 25.3. The van der Waals surface area contributed by atoms with E-state index in [4.69, 9.17) is 23.7 Å². The summed E-state index contributed by atoms with van der Waals surface area (Å²) in [4.78, 5) is 52.4. The molecule has 11 nitrogen and oxygen atoms in total. The van der Waals surface area contributed by atoms with Crippen LogP contribution in [0.2, 0.25) is 0 Å². The Morgan fingerprint density at radius 1 is 0.818 bits per heavy atom. The average Bonchev–Trinajstić information content (AvgIpc) is 3.17. The molecule has 5 rings (SSSR count). The summed E-state index contributed by atoms with van der Waals surface area (Å²) < 4.78 is 30.8. The van der Waals surface area contributed by atoms with Crippen LogP contribution in [0.1, 0.15) is 61.8 Å². The van der Waals surface area contributed by atoms with Crippen molar-refractivity contribution < 1.29 is 53.1 Å². The predicted molar refractivity (Wildman–Crippen MR) is 153 cm³/mol. The highest BCUT2D eigenvalue weighted by molar-refractivity contribution is 5.90. The van der Waals surface area contributed by atoms with E-state index in [1.165, 1.54) is 26.0 Å². The smallest absolute Gasteiger partial charge is 0.338 e. The van der Waals surface area contributed by atoms with Gasteiger partial charge < -0.3 is 33.9 Å². The molecule has 1 aliphatic heterocycles. The molecular formula is C33H38O11. The first-order valence-electron chi connectivity index (χ1n) is 14.6. The molecule has 1 spiro atoms. The fourth-order valence-corrected chi connectivity index (χ4v) is 7.74. The van der Waals surface area contributed by atoms with E-state index in [1.54, 1.807) is 69.3 Å². The van der Waals surface area contributed by atoms with Gasteiger partial charge in [0, 0.05) is 13.8 Å². The zero-order valence-electron chi connectivity index (χ0n) is 25.3. The van der Waals surface area contributed by atoms with Crippen molar-refractivity contribution in [3.63, 3.8) is 0 Å². The molecule has 1 saturated heterocycles. The second-order valence-electron chi connectivity index (χ2n) is 12.5. The van der Waals surface area contributed by atoms with Crippen molar-refractivity contribution in [2.24, 2.45) is 17.3 Å². The molecule has 0 amide bonds. The van der Waals surface area contributed by atoms with Crippen molar-refractivity contribution in [3.05, 3.63) is 71.8 Å². The molecule has 0 radical (unpaired) electrons. The van der Waals surface area contributed by atoms with Crippen LogP contribution >= 0.6 is 0 Å². The summed E-state index contributed by atoms with van der Waals surface area (Å²) in [7, 11) is 0. The largest absolute Gasteiger partial charge is 0.465 e. The Morgan fingerprint density at radius 3 is 1.89 bits per heavy atom. The molecule has 9 atom stereocenters. The SMILES string of the molecule is CC(=O)OC[C@]12[C@H](OC(=O)c3ccccc3)[C@H](OC(=O)c3ccccc3)[C@@H]3[C@@H](OC(C)=O)[C@]1(OC3(C)C)[C@H](C)C[C@H](O)[C@@H]2O. The van der Waals surface area contributed by atoms with E-state index in [0.29, 0.717) is 0 Å². The lowest BCUT2D eigenvalue weighted by Gasteiger charge is -2.63. The summed E-state index contributed by atoms with van der Waals surface area (Å²) in [5.74, 6) is -4.50. The third-order valence-corrected chi connectivity index (χ3v) is 9.39. The fraction of sp³-hybridized carbons (Fsp3) is 0.515. The highest BCUT2D eigenvalue weighted by atomic mass is 16.6. The number of hydrogen-bond donors (Lipinski definition) is 2. The maximum absolute atomic E-state index is 13.8. The van der Waals surface area contributed by atoms with Crippen LogP contribution in [0.25, 0.3) is 0 Å². The van der Waals surface area contributed by atoms with E-state index in [9.17, 15) is 29.4 Å². The monoisotopic (exact) mass is 610 g/mol. The number of fused-ring (bicyclic) bond motifs is 1. The maximum Gasteiger partial charge on any atom is 0.338 e. The summed E-state index contributed by atoms with van der Waals surface area (Å²) in [6, 6.07) is 16.2. The van der Waals surface area contributed by atoms with E-state index in [1.807, 2.05) is 0 Å². The Bertz CT molecular complexity index is 1410. The minimum absolute atomic E-state index is 0.0252. The van der Waals surface area contributed by atoms with Crippen LogP contribution in [-0.4, -0.2) is 82.4 Å². The number of carbonyl (C=O) groups excluding carboxylic acids is 4. The Hall–Kier alpha value is -3.80. The van der Waals surface area contributed by atoms with Crippen molar-refractivity contribution >= 4 is 23.9 Å². The minimum atomic E-state index is -1.97. The lowest BCUT2D eigenvalue weighted by molar-refractivity contribution is -0.326. The van der Waals surface area contributed by atoms with E-state index >= 15 is 0 Å². The molecule has 3 aliphatic rings. The molecule has 2 aromatic rings. The van der Waals surface area contributed by atoms with Gasteiger partial charge in [-0.3, -0.25) is 9.59 Å². The first-order valence-corrected chi connectivity index (χ1v) is 14.6. The number of aliphatic hydroxyl groups is 2. The van der Waals surface area contributed by atoms with Crippen LogP contribution in [0.4, 0.5) is 0 Å². The highest BCUT2D eigenvalue weighted by Crippen LogP contribution is 2.68. The number of rotatable bonds is 7. The predicted octanol–water partition coefficient (Wildman–Crippen LogP) is 2.86. The Morgan fingerprint density at radius 2 is 1.36 bits per heavy atom. The lowest BCUT2D eigenvalue weighted by atomic mass is 9.47. The van der Waals surface area contributed by atoms with Crippen molar-refractivity contribution in [1.82, 2.24) is 0 Å². The summed E-state index contributed by atoms with van der Waals surface area (Å²) in [5, 5.41) is 23.3. The molecule has 2 aliphatic carbocycles. The zero-order chi connectivity index (χ0) is 32.0. The first kappa shape index (κ1) is 31.6. The van der Waals surface area contributed by atoms with Crippen LogP contribution in [0.15, 0.2) is 60.7 Å². The molecule has 236 valence electrons. The molecule has 2 N–H and O–H groups in total. The summed E-state index contributed by atoms with van der Waals surface area (Å²) in [6.07, 6.45) is -7.20. The van der Waals surface area contributed by atoms with Crippen LogP contribution in [0.3, 0.4) is 0 Å². The van der Waals surface area contributed by atoms with Crippen molar-refractivity contribution in [2.45, 2.75) is 82.8 Å². The summed E-state index contributed by atoms with van der Waals surface area (Å²) >= 11 is 0. The fourth-order valence-electron chi connectivity index (χ4n) is 7.74. The molecule has 3 fully saturated rings. The standard InChI is InChI=1S/C33H38O11/c1-18-16-23(36)26(37)32(17-40-19(2)34)28(43-30(39)22-14-10-7-11-15-22)25(42-29(38)21-12-8-6-9-13-21)24-27(41-20(3)35)33(18,32)44-31(24,4)5/h6-15,18,23-28,36-37H,16-17H2,1-5H3/t18-,23+,24-,25-,26+,27-,28-,32+,33-/m1/s1. The van der Waals surface area contributed by atoms with E-state index < -0.39 is 89.5 Å². The summed E-state index contributed by atoms with van der Waals surface area (Å²) in [6.45, 7) is 7.01. The second kappa shape index (κ2) is 11.6. The molecule has 0 unspecified atom stereocenters. The highest BCUT2D eigenvalue weighted by Gasteiger charge is 2.84. The van der Waals surface area contributed by atoms with Gasteiger partial charge in [0.2, 0.25) is 0 Å². The Balaban J connectivity index is 1.78. The number of ether oxygens (including phenoxy) is 5. The first-order chi connectivity index (χ1) is 20.8. The van der Waals surface area contributed by atoms with Gasteiger partial charge in [-0.2, -0.15) is 0 Å². The molecular weight excluding hydrogens is 572 g/mol. The molecule has 44 heavy (non-hydrogen) atoms. The van der Waals surface area contributed by atoms with Gasteiger partial charge in [0.25, 0.3) is 0 Å². The van der Waals surface area contributed by atoms with Crippen LogP contribution < -0.4 is 0 Å². The molecule has 0 aromatic heterocycles. The third kappa shape index (κ3) is 4.96. The Kier molecular flexibility index (Phi) is 8.34. The molecule has 2 saturated carbocycles. The van der Waals surface area contributed by atoms with Gasteiger partial charge in [0.05, 0.1) is 34.9 Å². The van der Waals surface area contributed by atoms with E-state index in [-0.39, 0.29) is 17.5 Å². The number of hydrogen-bond acceptors (Lipinski definition) is 11.